The van der Waals surface area contributed by atoms with E-state index >= 15 is 0 Å². The highest BCUT2D eigenvalue weighted by atomic mass is 19.1. The Labute approximate surface area is 159 Å². The van der Waals surface area contributed by atoms with E-state index in [0.29, 0.717) is 17.8 Å². The molecule has 1 aliphatic heterocycles. The summed E-state index contributed by atoms with van der Waals surface area (Å²) in [6.45, 7) is 0.740. The third kappa shape index (κ3) is 3.36. The second kappa shape index (κ2) is 7.22. The molecule has 0 saturated carbocycles. The molecule has 2 amide bonds. The van der Waals surface area contributed by atoms with Crippen LogP contribution in [-0.4, -0.2) is 50.6 Å². The molecule has 142 valence electrons. The first-order valence-electron chi connectivity index (χ1n) is 8.81. The second-order valence-corrected chi connectivity index (χ2v) is 6.58. The largest absolute Gasteiger partial charge is 0.335 e. The van der Waals surface area contributed by atoms with Crippen LogP contribution in [0.1, 0.15) is 15.9 Å². The van der Waals surface area contributed by atoms with Crippen LogP contribution < -0.4 is 5.56 Å². The SMILES string of the molecule is O=C1CN(C(=O)c2cnc3ccccn3c2=O)CCN1Cc1cccc(F)c1. The maximum atomic E-state index is 13.3. The van der Waals surface area contributed by atoms with Crippen molar-refractivity contribution in [2.75, 3.05) is 19.6 Å². The lowest BCUT2D eigenvalue weighted by atomic mass is 10.1. The summed E-state index contributed by atoms with van der Waals surface area (Å²) in [7, 11) is 0. The average Bonchev–Trinajstić information content (AvgIpc) is 2.70. The maximum Gasteiger partial charge on any atom is 0.270 e. The van der Waals surface area contributed by atoms with Crippen molar-refractivity contribution in [3.63, 3.8) is 0 Å². The van der Waals surface area contributed by atoms with Gasteiger partial charge < -0.3 is 9.80 Å². The van der Waals surface area contributed by atoms with Gasteiger partial charge in [0.15, 0.2) is 0 Å². The Hall–Kier alpha value is -3.55. The Morgan fingerprint density at radius 3 is 2.75 bits per heavy atom. The van der Waals surface area contributed by atoms with Crippen LogP contribution in [0, 0.1) is 5.82 Å². The zero-order valence-corrected chi connectivity index (χ0v) is 14.9. The summed E-state index contributed by atoms with van der Waals surface area (Å²) in [6.07, 6.45) is 2.80. The molecule has 3 heterocycles. The topological polar surface area (TPSA) is 75.0 Å². The number of aromatic nitrogens is 2. The summed E-state index contributed by atoms with van der Waals surface area (Å²) < 4.78 is 14.6. The van der Waals surface area contributed by atoms with Gasteiger partial charge in [-0.15, -0.1) is 0 Å². The van der Waals surface area contributed by atoms with Crippen LogP contribution in [0.25, 0.3) is 5.65 Å². The fourth-order valence-corrected chi connectivity index (χ4v) is 3.25. The number of rotatable bonds is 3. The number of piperazine rings is 1. The first-order chi connectivity index (χ1) is 13.5. The third-order valence-electron chi connectivity index (χ3n) is 4.71. The van der Waals surface area contributed by atoms with Crippen molar-refractivity contribution >= 4 is 17.5 Å². The van der Waals surface area contributed by atoms with E-state index in [9.17, 15) is 18.8 Å². The van der Waals surface area contributed by atoms with Crippen LogP contribution >= 0.6 is 0 Å². The summed E-state index contributed by atoms with van der Waals surface area (Å²) >= 11 is 0. The average molecular weight is 380 g/mol. The van der Waals surface area contributed by atoms with Gasteiger partial charge in [0.05, 0.1) is 0 Å². The zero-order valence-electron chi connectivity index (χ0n) is 14.9. The number of hydrogen-bond acceptors (Lipinski definition) is 4. The highest BCUT2D eigenvalue weighted by Crippen LogP contribution is 2.12. The number of halogens is 1. The van der Waals surface area contributed by atoms with E-state index in [1.165, 1.54) is 27.6 Å². The van der Waals surface area contributed by atoms with E-state index in [1.807, 2.05) is 0 Å². The van der Waals surface area contributed by atoms with Crippen molar-refractivity contribution in [3.05, 3.63) is 82.2 Å². The summed E-state index contributed by atoms with van der Waals surface area (Å²) in [4.78, 5) is 44.9. The van der Waals surface area contributed by atoms with Gasteiger partial charge in [0.25, 0.3) is 11.5 Å². The molecule has 1 aliphatic rings. The van der Waals surface area contributed by atoms with Gasteiger partial charge in [-0.25, -0.2) is 9.37 Å². The van der Waals surface area contributed by atoms with E-state index in [4.69, 9.17) is 0 Å². The van der Waals surface area contributed by atoms with Crippen LogP contribution in [0.15, 0.2) is 59.7 Å². The van der Waals surface area contributed by atoms with E-state index in [1.54, 1.807) is 41.4 Å². The molecular formula is C20H17FN4O3. The predicted molar refractivity (Wildman–Crippen MR) is 99.2 cm³/mol. The standard InChI is InChI=1S/C20H17FN4O3/c21-15-5-3-4-14(10-15)12-23-8-9-24(13-18(23)26)19(27)16-11-22-17-6-1-2-7-25(17)20(16)28/h1-7,10-11H,8-9,12-13H2. The molecule has 7 nitrogen and oxygen atoms in total. The highest BCUT2D eigenvalue weighted by molar-refractivity contribution is 5.96. The number of carbonyl (C=O) groups is 2. The molecule has 0 unspecified atom stereocenters. The Bertz CT molecular complexity index is 1130. The van der Waals surface area contributed by atoms with Gasteiger partial charge in [0.1, 0.15) is 23.6 Å². The van der Waals surface area contributed by atoms with Crippen molar-refractivity contribution in [2.45, 2.75) is 6.54 Å². The molecule has 0 spiro atoms. The number of carbonyl (C=O) groups excluding carboxylic acids is 2. The predicted octanol–water partition coefficient (Wildman–Crippen LogP) is 1.32. The molecule has 0 radical (unpaired) electrons. The highest BCUT2D eigenvalue weighted by Gasteiger charge is 2.29. The van der Waals surface area contributed by atoms with Crippen molar-refractivity contribution in [1.29, 1.82) is 0 Å². The lowest BCUT2D eigenvalue weighted by Gasteiger charge is -2.34. The quantitative estimate of drug-likeness (QED) is 0.687. The van der Waals surface area contributed by atoms with Crippen molar-refractivity contribution < 1.29 is 14.0 Å². The summed E-state index contributed by atoms with van der Waals surface area (Å²) in [5, 5.41) is 0. The fraction of sp³-hybridized carbons (Fsp3) is 0.200. The van der Waals surface area contributed by atoms with Crippen molar-refractivity contribution in [2.24, 2.45) is 0 Å². The minimum atomic E-state index is -0.519. The van der Waals surface area contributed by atoms with E-state index in [-0.39, 0.29) is 36.9 Å². The third-order valence-corrected chi connectivity index (χ3v) is 4.71. The Morgan fingerprint density at radius 1 is 1.11 bits per heavy atom. The van der Waals surface area contributed by atoms with Gasteiger partial charge in [-0.05, 0) is 29.8 Å². The summed E-state index contributed by atoms with van der Waals surface area (Å²) in [5.41, 5.74) is 0.588. The Kier molecular flexibility index (Phi) is 4.60. The smallest absolute Gasteiger partial charge is 0.270 e. The van der Waals surface area contributed by atoms with E-state index in [0.717, 1.165) is 0 Å². The molecule has 8 heteroatoms. The molecule has 1 aromatic carbocycles. The molecule has 1 saturated heterocycles. The first kappa shape index (κ1) is 17.8. The molecule has 0 atom stereocenters. The Morgan fingerprint density at radius 2 is 1.96 bits per heavy atom. The minimum Gasteiger partial charge on any atom is -0.335 e. The van der Waals surface area contributed by atoms with Crippen LogP contribution in [0.4, 0.5) is 4.39 Å². The van der Waals surface area contributed by atoms with Gasteiger partial charge in [-0.1, -0.05) is 18.2 Å². The molecule has 3 aromatic rings. The lowest BCUT2D eigenvalue weighted by molar-refractivity contribution is -0.135. The molecule has 4 rings (SSSR count). The van der Waals surface area contributed by atoms with E-state index in [2.05, 4.69) is 4.98 Å². The number of benzene rings is 1. The summed E-state index contributed by atoms with van der Waals surface area (Å²) in [5.74, 6) is -1.13. The summed E-state index contributed by atoms with van der Waals surface area (Å²) in [6, 6.07) is 11.2. The molecule has 0 N–H and O–H groups in total. The molecule has 1 fully saturated rings. The molecule has 0 aliphatic carbocycles. The Balaban J connectivity index is 1.50. The van der Waals surface area contributed by atoms with Gasteiger partial charge in [-0.2, -0.15) is 0 Å². The zero-order chi connectivity index (χ0) is 19.7. The number of pyridine rings is 1. The van der Waals surface area contributed by atoms with Crippen LogP contribution in [-0.2, 0) is 11.3 Å². The fourth-order valence-electron chi connectivity index (χ4n) is 3.25. The molecular weight excluding hydrogens is 363 g/mol. The van der Waals surface area contributed by atoms with Crippen LogP contribution in [0.5, 0.6) is 0 Å². The maximum absolute atomic E-state index is 13.3. The number of amides is 2. The van der Waals surface area contributed by atoms with Crippen LogP contribution in [0.2, 0.25) is 0 Å². The van der Waals surface area contributed by atoms with E-state index < -0.39 is 11.5 Å². The minimum absolute atomic E-state index is 0.0740. The van der Waals surface area contributed by atoms with Crippen molar-refractivity contribution in [1.82, 2.24) is 19.2 Å². The van der Waals surface area contributed by atoms with Gasteiger partial charge in [0.2, 0.25) is 5.91 Å². The van der Waals surface area contributed by atoms with Gasteiger partial charge in [-0.3, -0.25) is 18.8 Å². The first-order valence-corrected chi connectivity index (χ1v) is 8.81. The molecule has 2 aromatic heterocycles. The number of hydrogen-bond donors (Lipinski definition) is 0. The van der Waals surface area contributed by atoms with Crippen molar-refractivity contribution in [3.8, 4) is 0 Å². The monoisotopic (exact) mass is 380 g/mol. The second-order valence-electron chi connectivity index (χ2n) is 6.58. The van der Waals surface area contributed by atoms with Gasteiger partial charge >= 0.3 is 0 Å². The van der Waals surface area contributed by atoms with Crippen LogP contribution in [0.3, 0.4) is 0 Å². The lowest BCUT2D eigenvalue weighted by Crippen LogP contribution is -2.52. The number of nitrogens with zero attached hydrogens (tertiary/aromatic N) is 4. The number of fused-ring (bicyclic) bond motifs is 1. The normalized spacial score (nSPS) is 14.5. The van der Waals surface area contributed by atoms with Gasteiger partial charge in [0, 0.05) is 32.0 Å². The molecule has 28 heavy (non-hydrogen) atoms. The molecule has 0 bridgehead atoms.